The Hall–Kier alpha value is -0.710. The molecule has 0 aliphatic rings. The lowest BCUT2D eigenvalue weighted by Gasteiger charge is -2.10. The molecule has 0 saturated heterocycles. The van der Waals surface area contributed by atoms with Crippen LogP contribution in [0.1, 0.15) is 18.0 Å². The van der Waals surface area contributed by atoms with E-state index in [1.54, 1.807) is 0 Å². The fourth-order valence-corrected chi connectivity index (χ4v) is 1.10. The van der Waals surface area contributed by atoms with Gasteiger partial charge in [0.1, 0.15) is 11.6 Å². The molecule has 0 fully saturated rings. The van der Waals surface area contributed by atoms with E-state index in [4.69, 9.17) is 10.8 Å². The quantitative estimate of drug-likeness (QED) is 0.821. The molecule has 1 atom stereocenters. The summed E-state index contributed by atoms with van der Waals surface area (Å²) in [5, 5.41) is 8.57. The summed E-state index contributed by atoms with van der Waals surface area (Å²) in [5.41, 5.74) is 5.77. The molecule has 0 saturated carbocycles. The Bertz CT molecular complexity index is 296. The number of halogens is 3. The third-order valence-electron chi connectivity index (χ3n) is 1.80. The standard InChI is InChI=1S/C9H11F2NO.ClH/c10-6-1-2-7(8(11)5-6)9(12)3-4-13;/h1-2,5,9,13H,3-4,12H2;1H/t9-;/m0./s1. The SMILES string of the molecule is Cl.N[C@@H](CCO)c1ccc(F)cc1F. The van der Waals surface area contributed by atoms with E-state index in [9.17, 15) is 8.78 Å². The average molecular weight is 224 g/mol. The molecule has 2 nitrogen and oxygen atoms in total. The first-order valence-electron chi connectivity index (χ1n) is 3.96. The molecule has 0 aromatic heterocycles. The van der Waals surface area contributed by atoms with Gasteiger partial charge >= 0.3 is 0 Å². The molecule has 14 heavy (non-hydrogen) atoms. The van der Waals surface area contributed by atoms with Crippen molar-refractivity contribution < 1.29 is 13.9 Å². The molecule has 0 heterocycles. The topological polar surface area (TPSA) is 46.2 Å². The second-order valence-corrected chi connectivity index (χ2v) is 2.78. The molecule has 80 valence electrons. The maximum atomic E-state index is 13.0. The molecule has 1 aromatic carbocycles. The third-order valence-corrected chi connectivity index (χ3v) is 1.80. The number of benzene rings is 1. The first kappa shape index (κ1) is 13.3. The van der Waals surface area contributed by atoms with Gasteiger partial charge in [-0.15, -0.1) is 12.4 Å². The van der Waals surface area contributed by atoms with E-state index in [1.807, 2.05) is 0 Å². The van der Waals surface area contributed by atoms with Crippen LogP contribution in [-0.4, -0.2) is 11.7 Å². The van der Waals surface area contributed by atoms with Crippen molar-refractivity contribution in [1.82, 2.24) is 0 Å². The monoisotopic (exact) mass is 223 g/mol. The first-order chi connectivity index (χ1) is 6.15. The van der Waals surface area contributed by atoms with Crippen molar-refractivity contribution in [2.24, 2.45) is 5.73 Å². The van der Waals surface area contributed by atoms with Crippen LogP contribution in [0.25, 0.3) is 0 Å². The van der Waals surface area contributed by atoms with E-state index in [1.165, 1.54) is 6.07 Å². The molecular weight excluding hydrogens is 212 g/mol. The van der Waals surface area contributed by atoms with Crippen LogP contribution in [0.4, 0.5) is 8.78 Å². The van der Waals surface area contributed by atoms with Crippen LogP contribution in [0, 0.1) is 11.6 Å². The molecule has 1 aromatic rings. The minimum absolute atomic E-state index is 0. The summed E-state index contributed by atoms with van der Waals surface area (Å²) >= 11 is 0. The maximum Gasteiger partial charge on any atom is 0.130 e. The minimum Gasteiger partial charge on any atom is -0.396 e. The Kier molecular flexibility index (Phi) is 5.60. The summed E-state index contributed by atoms with van der Waals surface area (Å²) in [5.74, 6) is -1.29. The summed E-state index contributed by atoms with van der Waals surface area (Å²) in [6.07, 6.45) is 0.266. The van der Waals surface area contributed by atoms with Crippen molar-refractivity contribution in [3.05, 3.63) is 35.4 Å². The zero-order valence-corrected chi connectivity index (χ0v) is 8.23. The van der Waals surface area contributed by atoms with Gasteiger partial charge in [0.25, 0.3) is 0 Å². The van der Waals surface area contributed by atoms with Crippen LogP contribution in [0.5, 0.6) is 0 Å². The Morgan fingerprint density at radius 1 is 1.36 bits per heavy atom. The van der Waals surface area contributed by atoms with Gasteiger partial charge in [0, 0.05) is 24.3 Å². The lowest BCUT2D eigenvalue weighted by Crippen LogP contribution is -2.13. The summed E-state index contributed by atoms with van der Waals surface area (Å²) in [4.78, 5) is 0. The molecule has 5 heteroatoms. The van der Waals surface area contributed by atoms with Gasteiger partial charge in [0.15, 0.2) is 0 Å². The Balaban J connectivity index is 0.00000169. The molecule has 0 aliphatic heterocycles. The number of aliphatic hydroxyl groups excluding tert-OH is 1. The van der Waals surface area contributed by atoms with Gasteiger partial charge in [0.05, 0.1) is 0 Å². The second kappa shape index (κ2) is 5.90. The van der Waals surface area contributed by atoms with Crippen molar-refractivity contribution >= 4 is 12.4 Å². The zero-order chi connectivity index (χ0) is 9.84. The largest absolute Gasteiger partial charge is 0.396 e. The Morgan fingerprint density at radius 3 is 2.50 bits per heavy atom. The van der Waals surface area contributed by atoms with Crippen molar-refractivity contribution in [1.29, 1.82) is 0 Å². The number of rotatable bonds is 3. The summed E-state index contributed by atoms with van der Waals surface area (Å²) < 4.78 is 25.5. The van der Waals surface area contributed by atoms with Crippen LogP contribution < -0.4 is 5.73 Å². The van der Waals surface area contributed by atoms with Crippen LogP contribution in [0.15, 0.2) is 18.2 Å². The molecular formula is C9H12ClF2NO. The van der Waals surface area contributed by atoms with E-state index in [2.05, 4.69) is 0 Å². The van der Waals surface area contributed by atoms with Gasteiger partial charge in [0.2, 0.25) is 0 Å². The Morgan fingerprint density at radius 2 is 2.00 bits per heavy atom. The predicted molar refractivity (Wildman–Crippen MR) is 52.2 cm³/mol. The molecule has 0 bridgehead atoms. The van der Waals surface area contributed by atoms with Gasteiger partial charge in [-0.3, -0.25) is 0 Å². The van der Waals surface area contributed by atoms with E-state index in [-0.39, 0.29) is 31.0 Å². The van der Waals surface area contributed by atoms with Crippen molar-refractivity contribution in [2.45, 2.75) is 12.5 Å². The molecule has 0 unspecified atom stereocenters. The highest BCUT2D eigenvalue weighted by molar-refractivity contribution is 5.85. The van der Waals surface area contributed by atoms with Crippen LogP contribution in [-0.2, 0) is 0 Å². The fourth-order valence-electron chi connectivity index (χ4n) is 1.10. The van der Waals surface area contributed by atoms with E-state index >= 15 is 0 Å². The second-order valence-electron chi connectivity index (χ2n) is 2.78. The summed E-state index contributed by atoms with van der Waals surface area (Å²) in [7, 11) is 0. The first-order valence-corrected chi connectivity index (χ1v) is 3.96. The molecule has 0 amide bonds. The zero-order valence-electron chi connectivity index (χ0n) is 7.41. The van der Waals surface area contributed by atoms with Crippen LogP contribution in [0.3, 0.4) is 0 Å². The number of aliphatic hydroxyl groups is 1. The van der Waals surface area contributed by atoms with Crippen LogP contribution >= 0.6 is 12.4 Å². The molecule has 0 aliphatic carbocycles. The minimum atomic E-state index is -0.666. The van der Waals surface area contributed by atoms with Crippen molar-refractivity contribution in [3.63, 3.8) is 0 Å². The average Bonchev–Trinajstić information content (AvgIpc) is 2.04. The molecule has 1 rings (SSSR count). The molecule has 0 radical (unpaired) electrons. The Labute approximate surface area is 87.1 Å². The van der Waals surface area contributed by atoms with Crippen molar-refractivity contribution in [2.75, 3.05) is 6.61 Å². The van der Waals surface area contributed by atoms with Gasteiger partial charge in [-0.05, 0) is 12.5 Å². The van der Waals surface area contributed by atoms with E-state index < -0.39 is 17.7 Å². The smallest absolute Gasteiger partial charge is 0.130 e. The molecule has 0 spiro atoms. The highest BCUT2D eigenvalue weighted by Crippen LogP contribution is 2.18. The van der Waals surface area contributed by atoms with Crippen LogP contribution in [0.2, 0.25) is 0 Å². The fraction of sp³-hybridized carbons (Fsp3) is 0.333. The third kappa shape index (κ3) is 3.21. The maximum absolute atomic E-state index is 13.0. The lowest BCUT2D eigenvalue weighted by atomic mass is 10.0. The van der Waals surface area contributed by atoms with Gasteiger partial charge in [-0.1, -0.05) is 6.07 Å². The van der Waals surface area contributed by atoms with Crippen molar-refractivity contribution in [3.8, 4) is 0 Å². The van der Waals surface area contributed by atoms with E-state index in [0.29, 0.717) is 0 Å². The van der Waals surface area contributed by atoms with Gasteiger partial charge in [-0.25, -0.2) is 8.78 Å². The normalized spacial score (nSPS) is 12.0. The molecule has 3 N–H and O–H groups in total. The number of nitrogens with two attached hydrogens (primary N) is 1. The predicted octanol–water partition coefficient (Wildman–Crippen LogP) is 1.77. The van der Waals surface area contributed by atoms with E-state index in [0.717, 1.165) is 12.1 Å². The lowest BCUT2D eigenvalue weighted by molar-refractivity contribution is 0.275. The van der Waals surface area contributed by atoms with Gasteiger partial charge < -0.3 is 10.8 Å². The number of hydrogen-bond donors (Lipinski definition) is 2. The highest BCUT2D eigenvalue weighted by atomic mass is 35.5. The van der Waals surface area contributed by atoms with Gasteiger partial charge in [-0.2, -0.15) is 0 Å². The summed E-state index contributed by atoms with van der Waals surface area (Å²) in [6, 6.07) is 2.65. The number of hydrogen-bond acceptors (Lipinski definition) is 2. The highest BCUT2D eigenvalue weighted by Gasteiger charge is 2.10. The summed E-state index contributed by atoms with van der Waals surface area (Å²) in [6.45, 7) is -0.113.